The summed E-state index contributed by atoms with van der Waals surface area (Å²) in [5.74, 6) is -1.53. The maximum Gasteiger partial charge on any atom is 0.308 e. The third-order valence-electron chi connectivity index (χ3n) is 4.14. The molecular weight excluding hydrogens is 404 g/mol. The van der Waals surface area contributed by atoms with Crippen LogP contribution in [0, 0.1) is 13.8 Å². The van der Waals surface area contributed by atoms with Crippen molar-refractivity contribution >= 4 is 52.0 Å². The van der Waals surface area contributed by atoms with Crippen LogP contribution in [0.5, 0.6) is 0 Å². The van der Waals surface area contributed by atoms with Gasteiger partial charge in [0.1, 0.15) is 11.0 Å². The minimum Gasteiger partial charge on any atom is -0.469 e. The second kappa shape index (κ2) is 9.48. The molecule has 2 amide bonds. The molecule has 1 aromatic heterocycles. The number of halogens is 1. The zero-order chi connectivity index (χ0) is 20.8. The van der Waals surface area contributed by atoms with E-state index in [1.54, 1.807) is 31.2 Å². The summed E-state index contributed by atoms with van der Waals surface area (Å²) in [5, 5.41) is 5.80. The Kier molecular flexibility index (Phi) is 7.31. The average molecular weight is 423 g/mol. The molecule has 2 aromatic rings. The number of hydrogen-bond donors (Lipinski definition) is 2. The highest BCUT2D eigenvalue weighted by molar-refractivity contribution is 7.16. The number of nitrogens with one attached hydrogen (secondary N) is 2. The largest absolute Gasteiger partial charge is 0.469 e. The van der Waals surface area contributed by atoms with Gasteiger partial charge in [-0.15, -0.1) is 11.3 Å². The highest BCUT2D eigenvalue weighted by Crippen LogP contribution is 2.34. The minimum atomic E-state index is -1.12. The van der Waals surface area contributed by atoms with Gasteiger partial charge in [0.05, 0.1) is 19.1 Å². The van der Waals surface area contributed by atoms with Gasteiger partial charge in [0.25, 0.3) is 0 Å². The fourth-order valence-corrected chi connectivity index (χ4v) is 3.68. The Hall–Kier alpha value is -2.71. The van der Waals surface area contributed by atoms with Crippen molar-refractivity contribution in [2.45, 2.75) is 26.3 Å². The number of carbonyl (C=O) groups is 4. The van der Waals surface area contributed by atoms with Crippen molar-refractivity contribution < 1.29 is 23.9 Å². The molecule has 0 bridgehead atoms. The van der Waals surface area contributed by atoms with Crippen LogP contribution in [0.2, 0.25) is 5.02 Å². The number of benzene rings is 1. The molecule has 0 spiro atoms. The van der Waals surface area contributed by atoms with E-state index < -0.39 is 17.9 Å². The Morgan fingerprint density at radius 1 is 1.21 bits per heavy atom. The molecule has 9 heteroatoms. The van der Waals surface area contributed by atoms with Crippen LogP contribution in [0.25, 0.3) is 0 Å². The molecule has 0 fully saturated rings. The first-order valence-electron chi connectivity index (χ1n) is 8.26. The summed E-state index contributed by atoms with van der Waals surface area (Å²) in [7, 11) is 1.19. The molecule has 1 aromatic carbocycles. The maximum atomic E-state index is 13.0. The first-order valence-corrected chi connectivity index (χ1v) is 9.45. The average Bonchev–Trinajstić information content (AvgIpc) is 2.94. The molecule has 1 atom stereocenters. The quantitative estimate of drug-likeness (QED) is 0.387. The number of carbonyl (C=O) groups excluding carboxylic acids is 4. The third-order valence-corrected chi connectivity index (χ3v) is 5.51. The van der Waals surface area contributed by atoms with Gasteiger partial charge in [-0.1, -0.05) is 11.6 Å². The van der Waals surface area contributed by atoms with Gasteiger partial charge in [-0.25, -0.2) is 0 Å². The SMILES string of the molecule is COC(=O)C[C@@H](NC=O)C(=O)Nc1sc(C)c(C)c1C(=O)c1ccc(Cl)cc1. The van der Waals surface area contributed by atoms with Crippen LogP contribution in [-0.4, -0.2) is 37.2 Å². The molecule has 0 radical (unpaired) electrons. The summed E-state index contributed by atoms with van der Waals surface area (Å²) in [4.78, 5) is 48.7. The van der Waals surface area contributed by atoms with Crippen LogP contribution < -0.4 is 10.6 Å². The summed E-state index contributed by atoms with van der Waals surface area (Å²) in [6.45, 7) is 3.63. The van der Waals surface area contributed by atoms with Crippen molar-refractivity contribution in [2.24, 2.45) is 0 Å². The number of anilines is 1. The van der Waals surface area contributed by atoms with E-state index in [0.717, 1.165) is 10.4 Å². The van der Waals surface area contributed by atoms with Crippen molar-refractivity contribution in [1.82, 2.24) is 5.32 Å². The zero-order valence-corrected chi connectivity index (χ0v) is 17.1. The van der Waals surface area contributed by atoms with Crippen LogP contribution >= 0.6 is 22.9 Å². The van der Waals surface area contributed by atoms with E-state index in [9.17, 15) is 19.2 Å². The number of amides is 2. The number of methoxy groups -OCH3 is 1. The highest BCUT2D eigenvalue weighted by Gasteiger charge is 2.26. The van der Waals surface area contributed by atoms with Gasteiger partial charge in [-0.2, -0.15) is 0 Å². The lowest BCUT2D eigenvalue weighted by Gasteiger charge is -2.15. The second-order valence-corrected chi connectivity index (χ2v) is 7.59. The summed E-state index contributed by atoms with van der Waals surface area (Å²) < 4.78 is 4.54. The van der Waals surface area contributed by atoms with E-state index >= 15 is 0 Å². The molecule has 0 aliphatic rings. The fourth-order valence-electron chi connectivity index (χ4n) is 2.49. The van der Waals surface area contributed by atoms with E-state index in [4.69, 9.17) is 11.6 Å². The molecule has 148 valence electrons. The maximum absolute atomic E-state index is 13.0. The number of aryl methyl sites for hydroxylation is 1. The smallest absolute Gasteiger partial charge is 0.308 e. The van der Waals surface area contributed by atoms with E-state index in [0.29, 0.717) is 27.6 Å². The lowest BCUT2D eigenvalue weighted by atomic mass is 10.0. The van der Waals surface area contributed by atoms with Crippen LogP contribution in [0.3, 0.4) is 0 Å². The number of ketones is 1. The van der Waals surface area contributed by atoms with Crippen LogP contribution in [0.4, 0.5) is 5.00 Å². The van der Waals surface area contributed by atoms with Gasteiger partial charge in [-0.3, -0.25) is 19.2 Å². The number of ether oxygens (including phenoxy) is 1. The number of rotatable bonds is 8. The van der Waals surface area contributed by atoms with Crippen molar-refractivity contribution in [3.05, 3.63) is 50.9 Å². The molecule has 2 N–H and O–H groups in total. The summed E-state index contributed by atoms with van der Waals surface area (Å²) in [6, 6.07) is 5.32. The standard InChI is InChI=1S/C19H19ClN2O5S/c1-10-11(2)28-19(16(10)17(25)12-4-6-13(20)7-5-12)22-18(26)14(21-9-23)8-15(24)27-3/h4-7,9,14H,8H2,1-3H3,(H,21,23)(H,22,26)/t14-/m1/s1. The molecule has 7 nitrogen and oxygen atoms in total. The Morgan fingerprint density at radius 2 is 1.86 bits per heavy atom. The van der Waals surface area contributed by atoms with Gasteiger partial charge in [0, 0.05) is 15.5 Å². The molecule has 28 heavy (non-hydrogen) atoms. The van der Waals surface area contributed by atoms with Gasteiger partial charge in [0.2, 0.25) is 12.3 Å². The Bertz CT molecular complexity index is 908. The van der Waals surface area contributed by atoms with Crippen molar-refractivity contribution in [3.63, 3.8) is 0 Å². The van der Waals surface area contributed by atoms with E-state index in [1.165, 1.54) is 18.4 Å². The topological polar surface area (TPSA) is 102 Å². The molecule has 0 aliphatic heterocycles. The number of thiophene rings is 1. The second-order valence-electron chi connectivity index (χ2n) is 5.93. The van der Waals surface area contributed by atoms with Gasteiger partial charge in [-0.05, 0) is 43.7 Å². The molecule has 0 aliphatic carbocycles. The molecule has 0 saturated heterocycles. The van der Waals surface area contributed by atoms with Crippen LogP contribution in [0.15, 0.2) is 24.3 Å². The monoisotopic (exact) mass is 422 g/mol. The zero-order valence-electron chi connectivity index (χ0n) is 15.5. The van der Waals surface area contributed by atoms with Crippen LogP contribution in [0.1, 0.15) is 32.8 Å². The Balaban J connectivity index is 2.33. The summed E-state index contributed by atoms with van der Waals surface area (Å²) in [6.07, 6.45) is 0.00274. The molecule has 0 unspecified atom stereocenters. The van der Waals surface area contributed by atoms with E-state index in [1.807, 2.05) is 6.92 Å². The molecular formula is C19H19ClN2O5S. The first-order chi connectivity index (χ1) is 13.3. The van der Waals surface area contributed by atoms with Gasteiger partial charge < -0.3 is 15.4 Å². The first kappa shape index (κ1) is 21.6. The molecule has 2 rings (SSSR count). The van der Waals surface area contributed by atoms with Crippen molar-refractivity contribution in [2.75, 3.05) is 12.4 Å². The molecule has 0 saturated carbocycles. The lowest BCUT2D eigenvalue weighted by molar-refractivity contribution is -0.142. The normalized spacial score (nSPS) is 11.4. The van der Waals surface area contributed by atoms with E-state index in [-0.39, 0.29) is 12.2 Å². The van der Waals surface area contributed by atoms with Gasteiger partial charge >= 0.3 is 5.97 Å². The Labute approximate surface area is 171 Å². The predicted molar refractivity (Wildman–Crippen MR) is 107 cm³/mol. The third kappa shape index (κ3) is 4.96. The number of esters is 1. The number of hydrogen-bond acceptors (Lipinski definition) is 6. The minimum absolute atomic E-state index is 0.262. The van der Waals surface area contributed by atoms with Crippen LogP contribution in [-0.2, 0) is 19.1 Å². The fraction of sp³-hybridized carbons (Fsp3) is 0.263. The lowest BCUT2D eigenvalue weighted by Crippen LogP contribution is -2.41. The highest BCUT2D eigenvalue weighted by atomic mass is 35.5. The molecule has 1 heterocycles. The summed E-state index contributed by atoms with van der Waals surface area (Å²) in [5.41, 5.74) is 1.53. The Morgan fingerprint density at radius 3 is 2.43 bits per heavy atom. The van der Waals surface area contributed by atoms with Gasteiger partial charge in [0.15, 0.2) is 5.78 Å². The van der Waals surface area contributed by atoms with Crippen molar-refractivity contribution in [1.29, 1.82) is 0 Å². The van der Waals surface area contributed by atoms with E-state index in [2.05, 4.69) is 15.4 Å². The van der Waals surface area contributed by atoms with Crippen molar-refractivity contribution in [3.8, 4) is 0 Å². The summed E-state index contributed by atoms with van der Waals surface area (Å²) >= 11 is 7.12. The predicted octanol–water partition coefficient (Wildman–Crippen LogP) is 2.87.